The van der Waals surface area contributed by atoms with Gasteiger partial charge in [0.05, 0.1) is 54.5 Å². The molecule has 5 bridgehead atoms. The molecule has 328 valence electrons. The van der Waals surface area contributed by atoms with Crippen molar-refractivity contribution in [2.45, 2.75) is 92.5 Å². The third kappa shape index (κ3) is 8.60. The molecular weight excluding hydrogens is 778 g/mol. The van der Waals surface area contributed by atoms with Crippen molar-refractivity contribution in [2.24, 2.45) is 23.7 Å². The van der Waals surface area contributed by atoms with Crippen molar-refractivity contribution in [1.82, 2.24) is 15.1 Å². The van der Waals surface area contributed by atoms with E-state index >= 15 is 0 Å². The molecule has 0 saturated carbocycles. The first-order valence-corrected chi connectivity index (χ1v) is 20.5. The fourth-order valence-electron chi connectivity index (χ4n) is 8.25. The quantitative estimate of drug-likeness (QED) is 0.328. The Morgan fingerprint density at radius 2 is 1.58 bits per heavy atom. The first-order chi connectivity index (χ1) is 28.3. The van der Waals surface area contributed by atoms with Crippen LogP contribution in [0, 0.1) is 30.6 Å². The number of hydrogen-bond acceptors (Lipinski definition) is 14. The van der Waals surface area contributed by atoms with Gasteiger partial charge in [-0.15, -0.1) is 0 Å². The molecular formula is C44H59N3O13. The van der Waals surface area contributed by atoms with Crippen molar-refractivity contribution in [3.8, 4) is 11.5 Å². The van der Waals surface area contributed by atoms with Gasteiger partial charge in [-0.25, -0.2) is 4.79 Å². The van der Waals surface area contributed by atoms with Crippen LogP contribution in [0.15, 0.2) is 47.5 Å². The lowest BCUT2D eigenvalue weighted by atomic mass is 9.78. The highest BCUT2D eigenvalue weighted by molar-refractivity contribution is 6.32. The van der Waals surface area contributed by atoms with E-state index in [9.17, 15) is 39.3 Å². The number of phenols is 1. The van der Waals surface area contributed by atoms with Crippen LogP contribution in [0.5, 0.6) is 11.5 Å². The number of aliphatic hydroxyl groups is 2. The number of nitrogens with zero attached hydrogens (tertiary/aromatic N) is 2. The highest BCUT2D eigenvalue weighted by Crippen LogP contribution is 2.49. The Labute approximate surface area is 350 Å². The number of phenolic OH excluding ortho intramolecular Hbond substituents is 1. The second-order valence-electron chi connectivity index (χ2n) is 16.1. The van der Waals surface area contributed by atoms with Gasteiger partial charge < -0.3 is 54.1 Å². The molecule has 4 aliphatic heterocycles. The topological polar surface area (TPSA) is 211 Å². The molecule has 1 saturated heterocycles. The highest BCUT2D eigenvalue weighted by Gasteiger charge is 2.53. The summed E-state index contributed by atoms with van der Waals surface area (Å²) in [5.41, 5.74) is -1.48. The number of morpholine rings is 1. The zero-order chi connectivity index (χ0) is 44.4. The number of allylic oxidation sites excluding steroid dienone is 4. The zero-order valence-corrected chi connectivity index (χ0v) is 36.1. The van der Waals surface area contributed by atoms with Crippen LogP contribution < -0.4 is 10.1 Å². The number of carbonyl (C=O) groups is 5. The predicted molar refractivity (Wildman–Crippen MR) is 218 cm³/mol. The Morgan fingerprint density at radius 1 is 0.933 bits per heavy atom. The van der Waals surface area contributed by atoms with Crippen molar-refractivity contribution in [1.29, 1.82) is 0 Å². The summed E-state index contributed by atoms with van der Waals surface area (Å²) in [6, 6.07) is 0. The number of aromatic hydroxyl groups is 1. The van der Waals surface area contributed by atoms with E-state index in [0.29, 0.717) is 13.1 Å². The Hall–Kier alpha value is -5.03. The number of nitrogens with one attached hydrogen (secondary N) is 1. The largest absolute Gasteiger partial charge is 0.507 e. The molecule has 1 aliphatic carbocycles. The van der Waals surface area contributed by atoms with Crippen LogP contribution in [-0.4, -0.2) is 131 Å². The standard InChI is InChI=1S/C44H59N3O13/c1-11-46(12-2)43(55)59-39-24(5)28(56-10)16-19-58-44(9)41(53)31-29-30(36(50)27(8)40(31)60-44)37(51)32(33(38(29)52)47-17-20-57-21-18-47)45-42(54)23(4)15-13-14-22(3)34(48)25(6)35(49)26(39)7/h13-16,19,22,24-26,28,34-35,39,48-50H,11-12,17-18,20-21H2,1-10H3,(H,45,54)/t22-,24+,25+,26+,28-,34-,35+,39+,44-/m0/s1. The maximum atomic E-state index is 14.7. The first-order valence-electron chi connectivity index (χ1n) is 20.5. The lowest BCUT2D eigenvalue weighted by Crippen LogP contribution is -2.48. The molecule has 0 unspecified atom stereocenters. The number of benzene rings is 1. The Morgan fingerprint density at radius 3 is 2.20 bits per heavy atom. The summed E-state index contributed by atoms with van der Waals surface area (Å²) < 4.78 is 29.5. The third-order valence-electron chi connectivity index (χ3n) is 12.2. The molecule has 0 spiro atoms. The van der Waals surface area contributed by atoms with Gasteiger partial charge in [-0.1, -0.05) is 45.9 Å². The summed E-state index contributed by atoms with van der Waals surface area (Å²) in [6.45, 7) is 16.4. The minimum absolute atomic E-state index is 0.00104. The first kappa shape index (κ1) is 46.0. The normalized spacial score (nSPS) is 30.5. The SMILES string of the molecule is CCN(CC)C(=O)O[C@H]1[C@H](C)[C@H](O)[C@H](C)[C@@H](O)[C@@H](C)C=CC=C(C)C(=O)NC2=C(N3CCOCC3)C(=O)c3c(c(O)c(C)c4c3C(=O)[C@@](C)(OC=C[C@H](OC)[C@H]1C)O4)C2=O. The van der Waals surface area contributed by atoms with Crippen LogP contribution in [0.2, 0.25) is 0 Å². The fraction of sp³-hybridized carbons (Fsp3) is 0.568. The average Bonchev–Trinajstić information content (AvgIpc) is 3.49. The highest BCUT2D eigenvalue weighted by atomic mass is 16.7. The summed E-state index contributed by atoms with van der Waals surface area (Å²) in [6.07, 6.45) is 2.77. The third-order valence-corrected chi connectivity index (χ3v) is 12.2. The smallest absolute Gasteiger partial charge is 0.410 e. The molecule has 1 aromatic rings. The monoisotopic (exact) mass is 837 g/mol. The molecule has 16 nitrogen and oxygen atoms in total. The van der Waals surface area contributed by atoms with E-state index in [1.807, 2.05) is 13.8 Å². The van der Waals surface area contributed by atoms with Crippen molar-refractivity contribution >= 4 is 29.4 Å². The molecule has 60 heavy (non-hydrogen) atoms. The van der Waals surface area contributed by atoms with Gasteiger partial charge in [-0.05, 0) is 33.8 Å². The summed E-state index contributed by atoms with van der Waals surface area (Å²) in [4.78, 5) is 73.9. The van der Waals surface area contributed by atoms with E-state index < -0.39 is 94.5 Å². The summed E-state index contributed by atoms with van der Waals surface area (Å²) in [5.74, 6) is -8.63. The molecule has 1 aromatic carbocycles. The number of ether oxygens (including phenoxy) is 5. The molecule has 9 atom stereocenters. The zero-order valence-electron chi connectivity index (χ0n) is 36.1. The fourth-order valence-corrected chi connectivity index (χ4v) is 8.25. The Bertz CT molecular complexity index is 2000. The van der Waals surface area contributed by atoms with Crippen LogP contribution >= 0.6 is 0 Å². The van der Waals surface area contributed by atoms with E-state index in [1.54, 1.807) is 44.7 Å². The molecule has 0 radical (unpaired) electrons. The lowest BCUT2D eigenvalue weighted by Gasteiger charge is -2.38. The summed E-state index contributed by atoms with van der Waals surface area (Å²) in [7, 11) is 1.44. The molecule has 16 heteroatoms. The minimum atomic E-state index is -2.09. The van der Waals surface area contributed by atoms with Crippen LogP contribution in [0.3, 0.4) is 0 Å². The average molecular weight is 838 g/mol. The maximum Gasteiger partial charge on any atom is 0.410 e. The van der Waals surface area contributed by atoms with Crippen LogP contribution in [0.4, 0.5) is 4.79 Å². The maximum absolute atomic E-state index is 14.7. The molecule has 0 aromatic heterocycles. The summed E-state index contributed by atoms with van der Waals surface area (Å²) >= 11 is 0. The number of amides is 2. The number of methoxy groups -OCH3 is 1. The number of carbonyl (C=O) groups excluding carboxylic acids is 5. The van der Waals surface area contributed by atoms with E-state index in [1.165, 1.54) is 51.2 Å². The molecule has 2 amide bonds. The molecule has 1 fully saturated rings. The second kappa shape index (κ2) is 18.7. The predicted octanol–water partition coefficient (Wildman–Crippen LogP) is 4.21. The number of hydrogen-bond donors (Lipinski definition) is 4. The van der Waals surface area contributed by atoms with Crippen LogP contribution in [0.25, 0.3) is 0 Å². The van der Waals surface area contributed by atoms with Gasteiger partial charge in [-0.3, -0.25) is 19.2 Å². The van der Waals surface area contributed by atoms with Gasteiger partial charge >= 0.3 is 11.9 Å². The molecule has 6 rings (SSSR count). The van der Waals surface area contributed by atoms with Gasteiger partial charge in [0, 0.05) is 75.0 Å². The van der Waals surface area contributed by atoms with Gasteiger partial charge in [-0.2, -0.15) is 0 Å². The molecule has 5 aliphatic rings. The summed E-state index contributed by atoms with van der Waals surface area (Å²) in [5, 5.41) is 37.3. The van der Waals surface area contributed by atoms with Gasteiger partial charge in [0.2, 0.25) is 11.6 Å². The number of fused-ring (bicyclic) bond motifs is 14. The van der Waals surface area contributed by atoms with Crippen LogP contribution in [-0.2, 0) is 23.7 Å². The van der Waals surface area contributed by atoms with E-state index in [4.69, 9.17) is 23.7 Å². The van der Waals surface area contributed by atoms with Crippen molar-refractivity contribution in [3.05, 3.63) is 69.8 Å². The van der Waals surface area contributed by atoms with Crippen molar-refractivity contribution in [2.75, 3.05) is 46.5 Å². The van der Waals surface area contributed by atoms with Gasteiger partial charge in [0.15, 0.2) is 0 Å². The van der Waals surface area contributed by atoms with Gasteiger partial charge in [0.25, 0.3) is 11.7 Å². The number of Topliss-reactive ketones (excluding diaryl/α,β-unsaturated/α-hetero) is 3. The van der Waals surface area contributed by atoms with Crippen LogP contribution in [0.1, 0.15) is 92.0 Å². The lowest BCUT2D eigenvalue weighted by molar-refractivity contribution is -0.116. The van der Waals surface area contributed by atoms with Crippen molar-refractivity contribution < 1.29 is 63.0 Å². The van der Waals surface area contributed by atoms with E-state index in [2.05, 4.69) is 5.32 Å². The number of aliphatic hydroxyl groups excluding tert-OH is 2. The number of rotatable bonds is 5. The Kier molecular flexibility index (Phi) is 14.4. The van der Waals surface area contributed by atoms with E-state index in [-0.39, 0.29) is 65.7 Å². The second-order valence-corrected chi connectivity index (χ2v) is 16.1. The van der Waals surface area contributed by atoms with E-state index in [0.717, 1.165) is 0 Å². The molecule has 4 N–H and O–H groups in total. The number of ketones is 3. The van der Waals surface area contributed by atoms with Gasteiger partial charge in [0.1, 0.15) is 29.0 Å². The molecule has 4 heterocycles. The Balaban J connectivity index is 1.66. The minimum Gasteiger partial charge on any atom is -0.507 e. The van der Waals surface area contributed by atoms with Crippen molar-refractivity contribution in [3.63, 3.8) is 0 Å².